The summed E-state index contributed by atoms with van der Waals surface area (Å²) in [6.07, 6.45) is 1.59. The van der Waals surface area contributed by atoms with E-state index in [1.54, 1.807) is 0 Å². The maximum Gasteiger partial charge on any atom is 0.317 e. The molecule has 1 atom stereocenters. The SMILES string of the molecule is C=C(CCCCl)OP(C#Cc1ccc(C)cc1)OCC. The molecule has 108 valence electrons. The van der Waals surface area contributed by atoms with Crippen molar-refractivity contribution in [3.8, 4) is 11.6 Å². The van der Waals surface area contributed by atoms with Crippen LogP contribution in [0.1, 0.15) is 30.9 Å². The topological polar surface area (TPSA) is 18.5 Å². The Labute approximate surface area is 128 Å². The van der Waals surface area contributed by atoms with Crippen molar-refractivity contribution in [2.24, 2.45) is 0 Å². The van der Waals surface area contributed by atoms with E-state index in [1.807, 2.05) is 38.1 Å². The van der Waals surface area contributed by atoms with Crippen LogP contribution in [0.15, 0.2) is 36.6 Å². The standard InChI is InChI=1S/C16H20ClO2P/c1-4-18-20(19-15(3)6-5-12-17)13-11-16-9-7-14(2)8-10-16/h7-10H,3-6,12H2,1-2H3. The van der Waals surface area contributed by atoms with Gasteiger partial charge in [0.1, 0.15) is 0 Å². The van der Waals surface area contributed by atoms with Crippen LogP contribution in [0.3, 0.4) is 0 Å². The Morgan fingerprint density at radius 3 is 2.65 bits per heavy atom. The first-order valence-electron chi connectivity index (χ1n) is 6.58. The number of hydrogen-bond donors (Lipinski definition) is 0. The van der Waals surface area contributed by atoms with Gasteiger partial charge in [0.15, 0.2) is 0 Å². The molecule has 4 heteroatoms. The van der Waals surface area contributed by atoms with Crippen LogP contribution in [-0.4, -0.2) is 12.5 Å². The highest BCUT2D eigenvalue weighted by molar-refractivity contribution is 7.53. The van der Waals surface area contributed by atoms with E-state index in [2.05, 4.69) is 18.2 Å². The van der Waals surface area contributed by atoms with E-state index in [4.69, 9.17) is 20.6 Å². The van der Waals surface area contributed by atoms with Crippen molar-refractivity contribution in [1.29, 1.82) is 0 Å². The van der Waals surface area contributed by atoms with Crippen LogP contribution in [0, 0.1) is 18.5 Å². The van der Waals surface area contributed by atoms with E-state index in [0.717, 1.165) is 18.4 Å². The van der Waals surface area contributed by atoms with E-state index in [-0.39, 0.29) is 0 Å². The lowest BCUT2D eigenvalue weighted by Crippen LogP contribution is -1.90. The van der Waals surface area contributed by atoms with Gasteiger partial charge in [-0.05, 0) is 32.4 Å². The summed E-state index contributed by atoms with van der Waals surface area (Å²) in [5, 5.41) is 0. The van der Waals surface area contributed by atoms with E-state index in [0.29, 0.717) is 18.2 Å². The van der Waals surface area contributed by atoms with E-state index in [1.165, 1.54) is 5.56 Å². The first-order chi connectivity index (χ1) is 9.65. The van der Waals surface area contributed by atoms with Gasteiger partial charge >= 0.3 is 8.38 Å². The normalized spacial score (nSPS) is 11.3. The number of allylic oxidation sites excluding steroid dienone is 1. The Kier molecular flexibility index (Phi) is 8.38. The highest BCUT2D eigenvalue weighted by Gasteiger charge is 2.09. The minimum atomic E-state index is -1.25. The summed E-state index contributed by atoms with van der Waals surface area (Å²) < 4.78 is 11.2. The van der Waals surface area contributed by atoms with Gasteiger partial charge in [0, 0.05) is 23.5 Å². The molecule has 1 aromatic carbocycles. The highest BCUT2D eigenvalue weighted by atomic mass is 35.5. The molecule has 0 spiro atoms. The largest absolute Gasteiger partial charge is 0.443 e. The van der Waals surface area contributed by atoms with Gasteiger partial charge in [0.25, 0.3) is 0 Å². The van der Waals surface area contributed by atoms with Gasteiger partial charge in [0.05, 0.1) is 12.4 Å². The molecule has 0 saturated heterocycles. The van der Waals surface area contributed by atoms with Crippen LogP contribution in [-0.2, 0) is 9.05 Å². The zero-order valence-electron chi connectivity index (χ0n) is 12.0. The zero-order valence-corrected chi connectivity index (χ0v) is 13.6. The quantitative estimate of drug-likeness (QED) is 0.298. The first kappa shape index (κ1) is 17.1. The maximum absolute atomic E-state index is 5.65. The third kappa shape index (κ3) is 6.96. The molecule has 0 fully saturated rings. The summed E-state index contributed by atoms with van der Waals surface area (Å²) >= 11 is 5.65. The smallest absolute Gasteiger partial charge is 0.317 e. The van der Waals surface area contributed by atoms with Gasteiger partial charge in [-0.25, -0.2) is 0 Å². The van der Waals surface area contributed by atoms with Crippen molar-refractivity contribution >= 4 is 20.0 Å². The summed E-state index contributed by atoms with van der Waals surface area (Å²) in [5.41, 5.74) is 5.21. The zero-order chi connectivity index (χ0) is 14.8. The van der Waals surface area contributed by atoms with Crippen LogP contribution in [0.2, 0.25) is 0 Å². The third-order valence-corrected chi connectivity index (χ3v) is 3.87. The molecule has 0 amide bonds. The molecule has 0 aromatic heterocycles. The molecule has 0 heterocycles. The molecule has 1 rings (SSSR count). The molecule has 0 aliphatic rings. The summed E-state index contributed by atoms with van der Waals surface area (Å²) in [6, 6.07) is 8.05. The van der Waals surface area contributed by atoms with Gasteiger partial charge < -0.3 is 9.05 Å². The molecule has 0 radical (unpaired) electrons. The van der Waals surface area contributed by atoms with Gasteiger partial charge in [0.2, 0.25) is 0 Å². The van der Waals surface area contributed by atoms with Gasteiger partial charge in [-0.3, -0.25) is 0 Å². The average Bonchev–Trinajstić information content (AvgIpc) is 2.44. The van der Waals surface area contributed by atoms with Crippen LogP contribution < -0.4 is 0 Å². The van der Waals surface area contributed by atoms with Gasteiger partial charge in [-0.1, -0.05) is 30.2 Å². The van der Waals surface area contributed by atoms with Crippen molar-refractivity contribution < 1.29 is 9.05 Å². The second kappa shape index (κ2) is 9.83. The number of rotatable bonds is 7. The minimum absolute atomic E-state index is 0.567. The Morgan fingerprint density at radius 2 is 2.05 bits per heavy atom. The summed E-state index contributed by atoms with van der Waals surface area (Å²) in [5.74, 6) is 4.36. The molecule has 0 bridgehead atoms. The third-order valence-electron chi connectivity index (χ3n) is 2.39. The van der Waals surface area contributed by atoms with Crippen molar-refractivity contribution in [1.82, 2.24) is 0 Å². The molecule has 2 nitrogen and oxygen atoms in total. The Morgan fingerprint density at radius 1 is 1.35 bits per heavy atom. The van der Waals surface area contributed by atoms with Crippen LogP contribution in [0.25, 0.3) is 0 Å². The molecule has 1 unspecified atom stereocenters. The summed E-state index contributed by atoms with van der Waals surface area (Å²) in [6.45, 7) is 8.41. The predicted molar refractivity (Wildman–Crippen MR) is 86.8 cm³/mol. The van der Waals surface area contributed by atoms with Crippen LogP contribution >= 0.6 is 20.0 Å². The van der Waals surface area contributed by atoms with Crippen LogP contribution in [0.4, 0.5) is 0 Å². The van der Waals surface area contributed by atoms with Crippen molar-refractivity contribution in [2.45, 2.75) is 26.7 Å². The number of benzene rings is 1. The lowest BCUT2D eigenvalue weighted by atomic mass is 10.2. The maximum atomic E-state index is 5.65. The molecular formula is C16H20ClO2P. The highest BCUT2D eigenvalue weighted by Crippen LogP contribution is 2.40. The predicted octanol–water partition coefficient (Wildman–Crippen LogP) is 5.20. The number of aryl methyl sites for hydroxylation is 1. The minimum Gasteiger partial charge on any atom is -0.443 e. The van der Waals surface area contributed by atoms with E-state index in [9.17, 15) is 0 Å². The molecule has 1 aromatic rings. The number of halogens is 1. The average molecular weight is 311 g/mol. The lowest BCUT2D eigenvalue weighted by Gasteiger charge is -2.13. The Hall–Kier alpha value is -1.00. The number of alkyl halides is 1. The Bertz CT molecular complexity index is 473. The molecular weight excluding hydrogens is 291 g/mol. The van der Waals surface area contributed by atoms with Gasteiger partial charge in [-0.15, -0.1) is 11.6 Å². The number of hydrogen-bond acceptors (Lipinski definition) is 2. The fourth-order valence-electron chi connectivity index (χ4n) is 1.37. The molecule has 0 N–H and O–H groups in total. The van der Waals surface area contributed by atoms with E-state index >= 15 is 0 Å². The van der Waals surface area contributed by atoms with Crippen LogP contribution in [0.5, 0.6) is 0 Å². The first-order valence-corrected chi connectivity index (χ1v) is 8.30. The lowest BCUT2D eigenvalue weighted by molar-refractivity contribution is 0.307. The molecule has 20 heavy (non-hydrogen) atoms. The summed E-state index contributed by atoms with van der Waals surface area (Å²) in [7, 11) is -1.25. The Balaban J connectivity index is 2.62. The summed E-state index contributed by atoms with van der Waals surface area (Å²) in [4.78, 5) is 0. The fraction of sp³-hybridized carbons (Fsp3) is 0.375. The second-order valence-electron chi connectivity index (χ2n) is 4.20. The van der Waals surface area contributed by atoms with E-state index < -0.39 is 8.38 Å². The molecule has 0 aliphatic carbocycles. The van der Waals surface area contributed by atoms with Crippen molar-refractivity contribution in [2.75, 3.05) is 12.5 Å². The molecule has 0 aliphatic heterocycles. The van der Waals surface area contributed by atoms with Crippen molar-refractivity contribution in [3.05, 3.63) is 47.7 Å². The van der Waals surface area contributed by atoms with Gasteiger partial charge in [-0.2, -0.15) is 0 Å². The molecule has 0 saturated carbocycles. The second-order valence-corrected chi connectivity index (χ2v) is 5.76. The monoisotopic (exact) mass is 310 g/mol. The van der Waals surface area contributed by atoms with Crippen molar-refractivity contribution in [3.63, 3.8) is 0 Å². The fourth-order valence-corrected chi connectivity index (χ4v) is 2.45.